The van der Waals surface area contributed by atoms with Gasteiger partial charge in [-0.05, 0) is 0 Å². The first-order chi connectivity index (χ1) is 2.81. The standard InChI is InChI=1S/C3H8NP2/c1-3(4-5)6-2/h4H,2,5H2,1H3/q-1. The lowest BCUT2D eigenvalue weighted by atomic mass is 10.8. The average molecular weight is 120 g/mol. The summed E-state index contributed by atoms with van der Waals surface area (Å²) in [5, 5.41) is 2.87. The van der Waals surface area contributed by atoms with Crippen LogP contribution in [0, 0.1) is 5.78 Å². The molecule has 36 valence electrons. The largest absolute Gasteiger partial charge is 0.443 e. The summed E-state index contributed by atoms with van der Waals surface area (Å²) in [5.74, 6) is 1.17. The van der Waals surface area contributed by atoms with Gasteiger partial charge in [-0.2, -0.15) is 6.92 Å². The predicted octanol–water partition coefficient (Wildman–Crippen LogP) is 1.25. The van der Waals surface area contributed by atoms with Gasteiger partial charge < -0.3 is 5.09 Å². The van der Waals surface area contributed by atoms with Gasteiger partial charge in [0.1, 0.15) is 0 Å². The molecular formula is C3H8NP2-. The topological polar surface area (TPSA) is 12.0 Å². The van der Waals surface area contributed by atoms with Crippen LogP contribution in [0.5, 0.6) is 0 Å². The van der Waals surface area contributed by atoms with Crippen LogP contribution in [-0.2, 0) is 0 Å². The summed E-state index contributed by atoms with van der Waals surface area (Å²) in [6.07, 6.45) is 3.62. The molecule has 6 heavy (non-hydrogen) atoms. The van der Waals surface area contributed by atoms with Gasteiger partial charge in [0.2, 0.25) is 0 Å². The molecule has 0 radical (unpaired) electrons. The lowest BCUT2D eigenvalue weighted by Crippen LogP contribution is -1.94. The van der Waals surface area contributed by atoms with Crippen LogP contribution >= 0.6 is 17.6 Å². The third kappa shape index (κ3) is 2.78. The zero-order valence-corrected chi connectivity index (χ0v) is 5.78. The molecule has 1 N–H and O–H groups in total. The van der Waals surface area contributed by atoms with E-state index in [0.717, 1.165) is 8.20 Å². The minimum atomic E-state index is 1.06. The lowest BCUT2D eigenvalue weighted by Gasteiger charge is -2.15. The van der Waals surface area contributed by atoms with Crippen LogP contribution in [-0.4, -0.2) is 6.30 Å². The van der Waals surface area contributed by atoms with E-state index in [1.165, 1.54) is 5.78 Å². The highest BCUT2D eigenvalue weighted by Gasteiger charge is 1.63. The third-order valence-electron chi connectivity index (χ3n) is 0.446. The molecule has 0 fully saturated rings. The minimum absolute atomic E-state index is 1.06. The number of hydrogen-bond acceptors (Lipinski definition) is 1. The average Bonchev–Trinajstić information content (AvgIpc) is 1.65. The van der Waals surface area contributed by atoms with Gasteiger partial charge in [0.15, 0.2) is 0 Å². The maximum absolute atomic E-state index is 3.62. The summed E-state index contributed by atoms with van der Waals surface area (Å²) in [7, 11) is 3.47. The van der Waals surface area contributed by atoms with Crippen molar-refractivity contribution >= 4 is 23.9 Å². The SMILES string of the molecule is C=P[C-](C)NP. The molecule has 0 aromatic carbocycles. The van der Waals surface area contributed by atoms with Gasteiger partial charge in [-0.25, -0.2) is 5.78 Å². The summed E-state index contributed by atoms with van der Waals surface area (Å²) in [4.78, 5) is 0. The monoisotopic (exact) mass is 120 g/mol. The van der Waals surface area contributed by atoms with Gasteiger partial charge in [0, 0.05) is 0 Å². The Morgan fingerprint density at radius 3 is 2.50 bits per heavy atom. The van der Waals surface area contributed by atoms with Crippen molar-refractivity contribution in [3.05, 3.63) is 5.78 Å². The molecule has 0 bridgehead atoms. The summed E-state index contributed by atoms with van der Waals surface area (Å²) >= 11 is 0. The molecule has 0 spiro atoms. The van der Waals surface area contributed by atoms with Gasteiger partial charge in [0.05, 0.1) is 0 Å². The van der Waals surface area contributed by atoms with Gasteiger partial charge in [-0.3, -0.25) is 8.20 Å². The molecule has 0 aromatic rings. The van der Waals surface area contributed by atoms with E-state index >= 15 is 0 Å². The van der Waals surface area contributed by atoms with E-state index in [1.807, 2.05) is 6.92 Å². The number of hydrogen-bond donors (Lipinski definition) is 1. The van der Waals surface area contributed by atoms with Crippen LogP contribution in [0.25, 0.3) is 0 Å². The molecule has 0 aromatic heterocycles. The van der Waals surface area contributed by atoms with Gasteiger partial charge in [-0.1, -0.05) is 9.39 Å². The molecule has 3 heteroatoms. The first-order valence-electron chi connectivity index (χ1n) is 1.58. The van der Waals surface area contributed by atoms with E-state index in [9.17, 15) is 0 Å². The maximum Gasteiger partial charge on any atom is -0.0992 e. The third-order valence-corrected chi connectivity index (χ3v) is 1.73. The van der Waals surface area contributed by atoms with E-state index in [1.54, 1.807) is 0 Å². The Balaban J connectivity index is 2.96. The maximum atomic E-state index is 3.62. The Bertz CT molecular complexity index is 46.1. The second-order valence-corrected chi connectivity index (χ2v) is 2.16. The Hall–Kier alpha value is 0.560. The van der Waals surface area contributed by atoms with Crippen LogP contribution in [0.15, 0.2) is 0 Å². The Kier molecular flexibility index (Phi) is 4.09. The zero-order valence-electron chi connectivity index (χ0n) is 3.73. The minimum Gasteiger partial charge on any atom is -0.443 e. The van der Waals surface area contributed by atoms with Crippen molar-refractivity contribution in [2.75, 3.05) is 0 Å². The van der Waals surface area contributed by atoms with Crippen molar-refractivity contribution in [2.45, 2.75) is 6.92 Å². The summed E-state index contributed by atoms with van der Waals surface area (Å²) in [5.41, 5.74) is 0. The van der Waals surface area contributed by atoms with Gasteiger partial charge in [-0.15, -0.1) is 6.30 Å². The molecule has 0 heterocycles. The Morgan fingerprint density at radius 1 is 2.00 bits per heavy atom. The quantitative estimate of drug-likeness (QED) is 0.427. The number of rotatable bonds is 2. The molecular weight excluding hydrogens is 112 g/mol. The fraction of sp³-hybridized carbons (Fsp3) is 0.333. The molecule has 0 saturated carbocycles. The normalized spacial score (nSPS) is 10.5. The van der Waals surface area contributed by atoms with Crippen LogP contribution in [0.4, 0.5) is 0 Å². The zero-order chi connectivity index (χ0) is 4.99. The molecule has 0 aliphatic carbocycles. The van der Waals surface area contributed by atoms with Crippen molar-refractivity contribution in [3.63, 3.8) is 0 Å². The lowest BCUT2D eigenvalue weighted by molar-refractivity contribution is 1.15. The van der Waals surface area contributed by atoms with Gasteiger partial charge >= 0.3 is 0 Å². The molecule has 0 aliphatic heterocycles. The van der Waals surface area contributed by atoms with Crippen molar-refractivity contribution in [2.24, 2.45) is 0 Å². The highest BCUT2D eigenvalue weighted by molar-refractivity contribution is 7.40. The van der Waals surface area contributed by atoms with Crippen LogP contribution < -0.4 is 5.09 Å². The Labute approximate surface area is 42.6 Å². The van der Waals surface area contributed by atoms with E-state index in [4.69, 9.17) is 0 Å². The van der Waals surface area contributed by atoms with E-state index in [0.29, 0.717) is 0 Å². The molecule has 0 aliphatic rings. The fourth-order valence-electron chi connectivity index (χ4n) is 0.0456. The molecule has 1 unspecified atom stereocenters. The second kappa shape index (κ2) is 3.74. The van der Waals surface area contributed by atoms with E-state index < -0.39 is 0 Å². The fourth-order valence-corrected chi connectivity index (χ4v) is 0.411. The van der Waals surface area contributed by atoms with Crippen LogP contribution in [0.1, 0.15) is 6.92 Å². The smallest absolute Gasteiger partial charge is 0.0992 e. The highest BCUT2D eigenvalue weighted by Crippen LogP contribution is 2.09. The molecule has 1 atom stereocenters. The second-order valence-electron chi connectivity index (χ2n) is 0.888. The van der Waals surface area contributed by atoms with Crippen LogP contribution in [0.3, 0.4) is 0 Å². The first kappa shape index (κ1) is 6.56. The molecule has 0 amide bonds. The predicted molar refractivity (Wildman–Crippen MR) is 35.8 cm³/mol. The summed E-state index contributed by atoms with van der Waals surface area (Å²) in [6, 6.07) is 0. The van der Waals surface area contributed by atoms with Gasteiger partial charge in [0.25, 0.3) is 0 Å². The van der Waals surface area contributed by atoms with Crippen molar-refractivity contribution < 1.29 is 0 Å². The first-order valence-corrected chi connectivity index (χ1v) is 3.24. The molecule has 0 rings (SSSR count). The molecule has 1 nitrogen and oxygen atoms in total. The summed E-state index contributed by atoms with van der Waals surface area (Å²) in [6.45, 7) is 1.99. The van der Waals surface area contributed by atoms with E-state index in [-0.39, 0.29) is 0 Å². The van der Waals surface area contributed by atoms with E-state index in [2.05, 4.69) is 20.8 Å². The Morgan fingerprint density at radius 2 is 2.50 bits per heavy atom. The molecule has 0 saturated heterocycles. The highest BCUT2D eigenvalue weighted by atomic mass is 31.1. The van der Waals surface area contributed by atoms with Crippen molar-refractivity contribution in [3.8, 4) is 0 Å². The number of nitrogens with one attached hydrogen (secondary N) is 1. The summed E-state index contributed by atoms with van der Waals surface area (Å²) < 4.78 is 0. The van der Waals surface area contributed by atoms with Crippen molar-refractivity contribution in [1.82, 2.24) is 5.09 Å². The van der Waals surface area contributed by atoms with Crippen molar-refractivity contribution in [1.29, 1.82) is 0 Å². The van der Waals surface area contributed by atoms with Crippen LogP contribution in [0.2, 0.25) is 0 Å².